The number of esters is 1. The predicted molar refractivity (Wildman–Crippen MR) is 58.3 cm³/mol. The van der Waals surface area contributed by atoms with E-state index in [4.69, 9.17) is 14.6 Å². The summed E-state index contributed by atoms with van der Waals surface area (Å²) in [6, 6.07) is 0. The molecule has 2 rings (SSSR count). The first-order valence-corrected chi connectivity index (χ1v) is 5.66. The highest BCUT2D eigenvalue weighted by molar-refractivity contribution is 5.90. The quantitative estimate of drug-likeness (QED) is 0.453. The van der Waals surface area contributed by atoms with E-state index in [0.29, 0.717) is 0 Å². The molecule has 5 nitrogen and oxygen atoms in total. The topological polar surface area (TPSA) is 72.8 Å². The number of hydrogen-bond acceptors (Lipinski definition) is 4. The van der Waals surface area contributed by atoms with Crippen molar-refractivity contribution in [2.24, 2.45) is 5.92 Å². The molecule has 5 heteroatoms. The zero-order chi connectivity index (χ0) is 12.6. The van der Waals surface area contributed by atoms with Gasteiger partial charge in [-0.15, -0.1) is 0 Å². The number of fused-ring (bicyclic) bond motifs is 2. The molecule has 2 aliphatic rings. The molecule has 0 amide bonds. The zero-order valence-corrected chi connectivity index (χ0v) is 9.88. The van der Waals surface area contributed by atoms with Crippen LogP contribution in [0.4, 0.5) is 0 Å². The molecule has 1 saturated heterocycles. The highest BCUT2D eigenvalue weighted by atomic mass is 16.6. The van der Waals surface area contributed by atoms with Crippen LogP contribution in [0.15, 0.2) is 12.2 Å². The van der Waals surface area contributed by atoms with Crippen molar-refractivity contribution in [1.82, 2.24) is 0 Å². The minimum atomic E-state index is -1.17. The Morgan fingerprint density at radius 2 is 2.18 bits per heavy atom. The Morgan fingerprint density at radius 3 is 2.65 bits per heavy atom. The number of aliphatic carboxylic acids is 1. The molecule has 2 heterocycles. The summed E-state index contributed by atoms with van der Waals surface area (Å²) in [5, 5.41) is 8.51. The van der Waals surface area contributed by atoms with Gasteiger partial charge in [-0.25, -0.2) is 0 Å². The van der Waals surface area contributed by atoms with Crippen LogP contribution < -0.4 is 0 Å². The van der Waals surface area contributed by atoms with Crippen LogP contribution in [0.2, 0.25) is 0 Å². The average molecular weight is 240 g/mol. The first-order valence-electron chi connectivity index (χ1n) is 5.66. The monoisotopic (exact) mass is 240 g/mol. The van der Waals surface area contributed by atoms with Crippen LogP contribution >= 0.6 is 0 Å². The van der Waals surface area contributed by atoms with Crippen molar-refractivity contribution in [3.8, 4) is 0 Å². The number of rotatable bonds is 4. The van der Waals surface area contributed by atoms with Gasteiger partial charge in [0.2, 0.25) is 0 Å². The van der Waals surface area contributed by atoms with Crippen molar-refractivity contribution in [2.75, 3.05) is 0 Å². The Hall–Kier alpha value is -1.36. The Morgan fingerprint density at radius 1 is 1.47 bits per heavy atom. The maximum absolute atomic E-state index is 11.4. The largest absolute Gasteiger partial charge is 0.481 e. The molecule has 0 aromatic rings. The Labute approximate surface area is 99.4 Å². The van der Waals surface area contributed by atoms with Crippen LogP contribution in [0.5, 0.6) is 0 Å². The summed E-state index contributed by atoms with van der Waals surface area (Å²) in [6.07, 6.45) is 4.30. The second-order valence-corrected chi connectivity index (χ2v) is 5.01. The Balaban J connectivity index is 1.97. The molecule has 0 aromatic carbocycles. The summed E-state index contributed by atoms with van der Waals surface area (Å²) < 4.78 is 10.9. The van der Waals surface area contributed by atoms with Crippen LogP contribution in [0.3, 0.4) is 0 Å². The molecular weight excluding hydrogens is 224 g/mol. The van der Waals surface area contributed by atoms with Gasteiger partial charge in [-0.05, 0) is 20.3 Å². The predicted octanol–water partition coefficient (Wildman–Crippen LogP) is 1.13. The molecule has 0 spiro atoms. The van der Waals surface area contributed by atoms with Crippen LogP contribution in [0.1, 0.15) is 26.7 Å². The van der Waals surface area contributed by atoms with Crippen molar-refractivity contribution in [3.63, 3.8) is 0 Å². The standard InChI is InChI=1S/C12H16O5/c1-12(2,17-11(15)6-10(13)14)8-5-7-3-4-9(8)16-7/h3-4,7-9H,5-6H2,1-2H3,(H,13,14). The van der Waals surface area contributed by atoms with E-state index >= 15 is 0 Å². The van der Waals surface area contributed by atoms with Gasteiger partial charge >= 0.3 is 11.9 Å². The molecule has 3 unspecified atom stereocenters. The van der Waals surface area contributed by atoms with Crippen molar-refractivity contribution < 1.29 is 24.2 Å². The Kier molecular flexibility index (Phi) is 2.95. The molecular formula is C12H16O5. The van der Waals surface area contributed by atoms with Crippen LogP contribution in [0.25, 0.3) is 0 Å². The van der Waals surface area contributed by atoms with E-state index in [2.05, 4.69) is 0 Å². The number of carbonyl (C=O) groups is 2. The second-order valence-electron chi connectivity index (χ2n) is 5.01. The van der Waals surface area contributed by atoms with Crippen molar-refractivity contribution in [3.05, 3.63) is 12.2 Å². The summed E-state index contributed by atoms with van der Waals surface area (Å²) in [7, 11) is 0. The van der Waals surface area contributed by atoms with Crippen LogP contribution in [-0.2, 0) is 19.1 Å². The molecule has 0 radical (unpaired) electrons. The van der Waals surface area contributed by atoms with Gasteiger partial charge < -0.3 is 14.6 Å². The first-order chi connectivity index (χ1) is 7.88. The third kappa shape index (κ3) is 2.49. The molecule has 2 aliphatic heterocycles. The summed E-state index contributed by atoms with van der Waals surface area (Å²) in [4.78, 5) is 21.8. The van der Waals surface area contributed by atoms with Gasteiger partial charge in [0.15, 0.2) is 0 Å². The van der Waals surface area contributed by atoms with Gasteiger partial charge in [-0.1, -0.05) is 12.2 Å². The third-order valence-corrected chi connectivity index (χ3v) is 3.30. The zero-order valence-electron chi connectivity index (χ0n) is 9.88. The normalized spacial score (nSPS) is 30.6. The van der Waals surface area contributed by atoms with Gasteiger partial charge in [0.05, 0.1) is 12.2 Å². The molecule has 0 saturated carbocycles. The fraction of sp³-hybridized carbons (Fsp3) is 0.667. The molecule has 3 atom stereocenters. The van der Waals surface area contributed by atoms with Gasteiger partial charge in [0, 0.05) is 5.92 Å². The van der Waals surface area contributed by atoms with Gasteiger partial charge in [0.25, 0.3) is 0 Å². The molecule has 94 valence electrons. The molecule has 0 aliphatic carbocycles. The lowest BCUT2D eigenvalue weighted by atomic mass is 9.81. The maximum Gasteiger partial charge on any atom is 0.317 e. The molecule has 2 bridgehead atoms. The van der Waals surface area contributed by atoms with E-state index in [0.717, 1.165) is 6.42 Å². The minimum absolute atomic E-state index is 0.0207. The van der Waals surface area contributed by atoms with Gasteiger partial charge in [-0.3, -0.25) is 9.59 Å². The van der Waals surface area contributed by atoms with Crippen LogP contribution in [0, 0.1) is 5.92 Å². The van der Waals surface area contributed by atoms with E-state index in [1.807, 2.05) is 12.2 Å². The van der Waals surface area contributed by atoms with E-state index in [1.54, 1.807) is 13.8 Å². The molecule has 0 aromatic heterocycles. The Bertz CT molecular complexity index is 371. The van der Waals surface area contributed by atoms with Crippen LogP contribution in [-0.4, -0.2) is 34.9 Å². The van der Waals surface area contributed by atoms with E-state index in [-0.39, 0.29) is 18.1 Å². The fourth-order valence-corrected chi connectivity index (χ4v) is 2.48. The number of carboxylic acids is 1. The minimum Gasteiger partial charge on any atom is -0.481 e. The summed E-state index contributed by atoms with van der Waals surface area (Å²) in [6.45, 7) is 3.60. The number of carbonyl (C=O) groups excluding carboxylic acids is 1. The number of ether oxygens (including phenoxy) is 2. The lowest BCUT2D eigenvalue weighted by molar-refractivity contribution is -0.166. The SMILES string of the molecule is CC(C)(OC(=O)CC(=O)O)C1CC2C=CC1O2. The summed E-state index contributed by atoms with van der Waals surface area (Å²) >= 11 is 0. The average Bonchev–Trinajstić information content (AvgIpc) is 2.75. The summed E-state index contributed by atoms with van der Waals surface area (Å²) in [5.74, 6) is -1.78. The number of hydrogen-bond donors (Lipinski definition) is 1. The molecule has 1 fully saturated rings. The smallest absolute Gasteiger partial charge is 0.317 e. The molecule has 1 N–H and O–H groups in total. The first kappa shape index (κ1) is 12.1. The molecule has 17 heavy (non-hydrogen) atoms. The highest BCUT2D eigenvalue weighted by Crippen LogP contribution is 2.41. The van der Waals surface area contributed by atoms with Crippen molar-refractivity contribution in [2.45, 2.75) is 44.5 Å². The number of carboxylic acid groups (broad SMARTS) is 1. The van der Waals surface area contributed by atoms with Crippen molar-refractivity contribution >= 4 is 11.9 Å². The van der Waals surface area contributed by atoms with E-state index < -0.39 is 24.0 Å². The second kappa shape index (κ2) is 4.14. The summed E-state index contributed by atoms with van der Waals surface area (Å²) in [5.41, 5.74) is -0.698. The van der Waals surface area contributed by atoms with Crippen molar-refractivity contribution in [1.29, 1.82) is 0 Å². The lowest BCUT2D eigenvalue weighted by Crippen LogP contribution is -2.41. The van der Waals surface area contributed by atoms with Gasteiger partial charge in [-0.2, -0.15) is 0 Å². The van der Waals surface area contributed by atoms with Gasteiger partial charge in [0.1, 0.15) is 12.0 Å². The van der Waals surface area contributed by atoms with E-state index in [9.17, 15) is 9.59 Å². The van der Waals surface area contributed by atoms with E-state index in [1.165, 1.54) is 0 Å². The fourth-order valence-electron chi connectivity index (χ4n) is 2.48. The lowest BCUT2D eigenvalue weighted by Gasteiger charge is -2.33. The highest BCUT2D eigenvalue weighted by Gasteiger charge is 2.47. The maximum atomic E-state index is 11.4. The third-order valence-electron chi connectivity index (χ3n) is 3.30.